The number of para-hydroxylation sites is 3. The van der Waals surface area contributed by atoms with Crippen molar-refractivity contribution in [2.45, 2.75) is 20.8 Å². The van der Waals surface area contributed by atoms with Crippen LogP contribution in [0.1, 0.15) is 16.7 Å². The summed E-state index contributed by atoms with van der Waals surface area (Å²) in [6, 6.07) is 76.7. The van der Waals surface area contributed by atoms with E-state index in [1.807, 2.05) is 0 Å². The zero-order chi connectivity index (χ0) is 43.6. The van der Waals surface area contributed by atoms with Crippen LogP contribution in [0.5, 0.6) is 0 Å². The maximum absolute atomic E-state index is 5.09. The van der Waals surface area contributed by atoms with Gasteiger partial charge >= 0.3 is 0 Å². The van der Waals surface area contributed by atoms with Crippen LogP contribution in [0, 0.1) is 20.8 Å². The smallest absolute Gasteiger partial charge is 0.160 e. The third-order valence-electron chi connectivity index (χ3n) is 13.0. The first-order chi connectivity index (χ1) is 31.9. The highest BCUT2D eigenvalue weighted by Crippen LogP contribution is 2.38. The van der Waals surface area contributed by atoms with Gasteiger partial charge in [-0.3, -0.25) is 0 Å². The molecule has 0 spiro atoms. The van der Waals surface area contributed by atoms with Crippen molar-refractivity contribution in [1.82, 2.24) is 19.1 Å². The molecule has 65 heavy (non-hydrogen) atoms. The molecule has 3 heterocycles. The average Bonchev–Trinajstić information content (AvgIpc) is 3.87. The lowest BCUT2D eigenvalue weighted by Gasteiger charge is -2.13. The number of benzene rings is 9. The molecule has 0 aliphatic carbocycles. The summed E-state index contributed by atoms with van der Waals surface area (Å²) in [6.07, 6.45) is 0. The summed E-state index contributed by atoms with van der Waals surface area (Å²) in [7, 11) is 0. The SMILES string of the molecule is Cc1cccc(-c2cc(-c3ccc(-c4ccc(-c5ccc(-n6c7ccccc7c7cc(-n8c9ccccc9c9ccccc98)ccc76)cc5C)cc4)cc3)nc(-c3cccc(C)c3)n2)c1. The molecule has 0 radical (unpaired) electrons. The first kappa shape index (κ1) is 38.3. The molecule has 0 atom stereocenters. The number of aryl methyl sites for hydroxylation is 3. The topological polar surface area (TPSA) is 35.6 Å². The van der Waals surface area contributed by atoms with E-state index < -0.39 is 0 Å². The Hall–Kier alpha value is -8.34. The summed E-state index contributed by atoms with van der Waals surface area (Å²) in [6.45, 7) is 6.45. The lowest BCUT2D eigenvalue weighted by Crippen LogP contribution is -1.97. The molecular weight excluding hydrogens is 789 g/mol. The Kier molecular flexibility index (Phi) is 9.13. The molecule has 0 aliphatic rings. The van der Waals surface area contributed by atoms with Crippen LogP contribution in [0.3, 0.4) is 0 Å². The van der Waals surface area contributed by atoms with Crippen LogP contribution in [-0.4, -0.2) is 19.1 Å². The largest absolute Gasteiger partial charge is 0.309 e. The van der Waals surface area contributed by atoms with Crippen LogP contribution in [0.15, 0.2) is 212 Å². The monoisotopic (exact) mass is 832 g/mol. The van der Waals surface area contributed by atoms with E-state index in [1.54, 1.807) is 0 Å². The molecule has 0 N–H and O–H groups in total. The Morgan fingerprint density at radius 1 is 0.308 bits per heavy atom. The summed E-state index contributed by atoms with van der Waals surface area (Å²) >= 11 is 0. The van der Waals surface area contributed by atoms with E-state index in [1.165, 1.54) is 77.0 Å². The molecule has 0 saturated carbocycles. The molecule has 12 rings (SSSR count). The second-order valence-electron chi connectivity index (χ2n) is 17.3. The molecule has 0 amide bonds. The summed E-state index contributed by atoms with van der Waals surface area (Å²) in [4.78, 5) is 10.1. The molecule has 0 aliphatic heterocycles. The standard InChI is InChI=1S/C61H44N4/c1-39-12-10-14-46(34-39)56-38-55(62-61(63-56)47-15-11-13-40(2)35-47)45-28-24-43(25-29-45)42-22-26-44(27-23-42)50-32-30-48(36-41(50)3)64-59-21-9-6-18-53(59)54-37-49(31-33-60(54)64)65-57-19-7-4-16-51(57)52-17-5-8-20-58(52)65/h4-38H,1-3H3. The normalized spacial score (nSPS) is 11.6. The van der Waals surface area contributed by atoms with Crippen LogP contribution in [0.25, 0.3) is 111 Å². The summed E-state index contributed by atoms with van der Waals surface area (Å²) < 4.78 is 4.82. The van der Waals surface area contributed by atoms with E-state index in [0.29, 0.717) is 0 Å². The fourth-order valence-corrected chi connectivity index (χ4v) is 9.83. The van der Waals surface area contributed by atoms with Gasteiger partial charge in [0, 0.05) is 49.6 Å². The van der Waals surface area contributed by atoms with Crippen LogP contribution in [-0.2, 0) is 0 Å². The van der Waals surface area contributed by atoms with Crippen LogP contribution >= 0.6 is 0 Å². The van der Waals surface area contributed by atoms with Gasteiger partial charge in [0.15, 0.2) is 5.82 Å². The molecule has 3 aromatic heterocycles. The number of hydrogen-bond acceptors (Lipinski definition) is 2. The molecule has 308 valence electrons. The van der Waals surface area contributed by atoms with Gasteiger partial charge in [-0.15, -0.1) is 0 Å². The molecule has 4 heteroatoms. The van der Waals surface area contributed by atoms with E-state index in [4.69, 9.17) is 9.97 Å². The van der Waals surface area contributed by atoms with Gasteiger partial charge in [0.25, 0.3) is 0 Å². The Morgan fingerprint density at radius 3 is 1.35 bits per heavy atom. The number of rotatable bonds is 7. The van der Waals surface area contributed by atoms with Gasteiger partial charge in [-0.05, 0) is 115 Å². The van der Waals surface area contributed by atoms with E-state index in [9.17, 15) is 0 Å². The Balaban J connectivity index is 0.851. The molecule has 0 saturated heterocycles. The van der Waals surface area contributed by atoms with Gasteiger partial charge in [-0.1, -0.05) is 157 Å². The average molecular weight is 833 g/mol. The Bertz CT molecular complexity index is 3680. The Morgan fingerprint density at radius 2 is 0.769 bits per heavy atom. The number of nitrogens with zero attached hydrogens (tertiary/aromatic N) is 4. The lowest BCUT2D eigenvalue weighted by molar-refractivity contribution is 1.16. The fraction of sp³-hybridized carbons (Fsp3) is 0.0492. The molecule has 0 bridgehead atoms. The second-order valence-corrected chi connectivity index (χ2v) is 17.3. The quantitative estimate of drug-likeness (QED) is 0.160. The van der Waals surface area contributed by atoms with Gasteiger partial charge in [-0.2, -0.15) is 0 Å². The minimum absolute atomic E-state index is 0.728. The van der Waals surface area contributed by atoms with Crippen molar-refractivity contribution in [3.8, 4) is 67.5 Å². The summed E-state index contributed by atoms with van der Waals surface area (Å²) in [5.74, 6) is 0.728. The molecular formula is C61H44N4. The predicted octanol–water partition coefficient (Wildman–Crippen LogP) is 15.9. The number of aromatic nitrogens is 4. The van der Waals surface area contributed by atoms with E-state index >= 15 is 0 Å². The molecule has 12 aromatic rings. The van der Waals surface area contributed by atoms with Crippen LogP contribution < -0.4 is 0 Å². The minimum atomic E-state index is 0.728. The van der Waals surface area contributed by atoms with Crippen molar-refractivity contribution < 1.29 is 0 Å². The molecule has 4 nitrogen and oxygen atoms in total. The van der Waals surface area contributed by atoms with Crippen molar-refractivity contribution in [1.29, 1.82) is 0 Å². The van der Waals surface area contributed by atoms with E-state index in [2.05, 4.69) is 242 Å². The second kappa shape index (κ2) is 15.5. The molecule has 9 aromatic carbocycles. The van der Waals surface area contributed by atoms with Gasteiger partial charge in [-0.25, -0.2) is 9.97 Å². The summed E-state index contributed by atoms with van der Waals surface area (Å²) in [5.41, 5.74) is 20.5. The van der Waals surface area contributed by atoms with Gasteiger partial charge in [0.05, 0.1) is 33.5 Å². The first-order valence-electron chi connectivity index (χ1n) is 22.3. The number of fused-ring (bicyclic) bond motifs is 6. The predicted molar refractivity (Wildman–Crippen MR) is 272 cm³/mol. The highest BCUT2D eigenvalue weighted by molar-refractivity contribution is 6.12. The maximum atomic E-state index is 5.09. The highest BCUT2D eigenvalue weighted by atomic mass is 15.0. The maximum Gasteiger partial charge on any atom is 0.160 e. The third-order valence-corrected chi connectivity index (χ3v) is 13.0. The fourth-order valence-electron chi connectivity index (χ4n) is 9.83. The molecule has 0 fully saturated rings. The third kappa shape index (κ3) is 6.70. The molecule has 0 unspecified atom stereocenters. The van der Waals surface area contributed by atoms with Crippen molar-refractivity contribution in [3.63, 3.8) is 0 Å². The van der Waals surface area contributed by atoms with Gasteiger partial charge in [0.1, 0.15) is 0 Å². The van der Waals surface area contributed by atoms with Crippen LogP contribution in [0.2, 0.25) is 0 Å². The summed E-state index contributed by atoms with van der Waals surface area (Å²) in [5, 5.41) is 5.02. The Labute approximate surface area is 378 Å². The minimum Gasteiger partial charge on any atom is -0.309 e. The number of hydrogen-bond donors (Lipinski definition) is 0. The van der Waals surface area contributed by atoms with Crippen molar-refractivity contribution in [2.24, 2.45) is 0 Å². The zero-order valence-electron chi connectivity index (χ0n) is 36.5. The van der Waals surface area contributed by atoms with Gasteiger partial charge < -0.3 is 9.13 Å². The highest BCUT2D eigenvalue weighted by Gasteiger charge is 2.18. The van der Waals surface area contributed by atoms with Crippen molar-refractivity contribution >= 4 is 43.6 Å². The van der Waals surface area contributed by atoms with Crippen LogP contribution in [0.4, 0.5) is 0 Å². The lowest BCUT2D eigenvalue weighted by atomic mass is 9.96. The van der Waals surface area contributed by atoms with E-state index in [0.717, 1.165) is 50.8 Å². The van der Waals surface area contributed by atoms with Gasteiger partial charge in [0.2, 0.25) is 0 Å². The van der Waals surface area contributed by atoms with E-state index in [-0.39, 0.29) is 0 Å². The van der Waals surface area contributed by atoms with Crippen molar-refractivity contribution in [3.05, 3.63) is 229 Å². The first-order valence-corrected chi connectivity index (χ1v) is 22.3. The van der Waals surface area contributed by atoms with Crippen molar-refractivity contribution in [2.75, 3.05) is 0 Å². The zero-order valence-corrected chi connectivity index (χ0v) is 36.5.